The van der Waals surface area contributed by atoms with E-state index < -0.39 is 0 Å². The molecule has 4 heterocycles. The lowest BCUT2D eigenvalue weighted by atomic mass is 9.89. The van der Waals surface area contributed by atoms with Crippen LogP contribution in [0, 0.1) is 13.8 Å². The predicted molar refractivity (Wildman–Crippen MR) is 86.7 cm³/mol. The Morgan fingerprint density at radius 3 is 2.65 bits per heavy atom. The second-order valence-corrected chi connectivity index (χ2v) is 6.80. The molecule has 0 bridgehead atoms. The number of nitrogens with zero attached hydrogens (tertiary/aromatic N) is 5. The van der Waals surface area contributed by atoms with Gasteiger partial charge in [-0.2, -0.15) is 4.98 Å². The van der Waals surface area contributed by atoms with Crippen LogP contribution >= 0.6 is 0 Å². The van der Waals surface area contributed by atoms with E-state index in [0.717, 1.165) is 62.5 Å². The molecule has 124 valence electrons. The molecule has 2 fully saturated rings. The summed E-state index contributed by atoms with van der Waals surface area (Å²) in [5, 5.41) is 5.00. The summed E-state index contributed by atoms with van der Waals surface area (Å²) in [4.78, 5) is 13.8. The van der Waals surface area contributed by atoms with Gasteiger partial charge >= 0.3 is 0 Å². The Labute approximate surface area is 135 Å². The predicted octanol–water partition coefficient (Wildman–Crippen LogP) is 1.54. The number of aromatic nitrogens is 3. The molecule has 7 heteroatoms. The number of morpholine rings is 1. The zero-order chi connectivity index (χ0) is 16.0. The average molecular weight is 317 g/mol. The van der Waals surface area contributed by atoms with Gasteiger partial charge in [0, 0.05) is 26.2 Å². The van der Waals surface area contributed by atoms with Crippen molar-refractivity contribution in [2.75, 3.05) is 44.7 Å². The quantitative estimate of drug-likeness (QED) is 0.790. The topological polar surface area (TPSA) is 67.5 Å². The van der Waals surface area contributed by atoms with Crippen molar-refractivity contribution in [1.29, 1.82) is 0 Å². The summed E-state index contributed by atoms with van der Waals surface area (Å²) in [6.45, 7) is 8.45. The standard InChI is InChI=1S/C16H23N5O2/c1-11-13-14(17-12(2)18-15(13)23-19-11)21-8-9-22-16(10-21)4-6-20(3)7-5-16/h4-10H2,1-3H3. The largest absolute Gasteiger partial charge is 0.371 e. The van der Waals surface area contributed by atoms with Crippen LogP contribution in [0.4, 0.5) is 5.82 Å². The fourth-order valence-corrected chi connectivity index (χ4v) is 3.66. The van der Waals surface area contributed by atoms with Gasteiger partial charge in [-0.3, -0.25) is 0 Å². The molecule has 1 spiro atoms. The Hall–Kier alpha value is -1.73. The lowest BCUT2D eigenvalue weighted by Crippen LogP contribution is -2.56. The second-order valence-electron chi connectivity index (χ2n) is 6.80. The van der Waals surface area contributed by atoms with Crippen molar-refractivity contribution >= 4 is 16.9 Å². The van der Waals surface area contributed by atoms with E-state index in [1.54, 1.807) is 0 Å². The lowest BCUT2D eigenvalue weighted by molar-refractivity contribution is -0.0884. The number of fused-ring (bicyclic) bond motifs is 1. The molecular formula is C16H23N5O2. The summed E-state index contributed by atoms with van der Waals surface area (Å²) >= 11 is 0. The first kappa shape index (κ1) is 14.8. The summed E-state index contributed by atoms with van der Waals surface area (Å²) in [6.07, 6.45) is 2.13. The van der Waals surface area contributed by atoms with Crippen molar-refractivity contribution in [1.82, 2.24) is 20.0 Å². The first-order valence-corrected chi connectivity index (χ1v) is 8.24. The van der Waals surface area contributed by atoms with Gasteiger partial charge in [-0.15, -0.1) is 0 Å². The summed E-state index contributed by atoms with van der Waals surface area (Å²) in [5.41, 5.74) is 1.37. The van der Waals surface area contributed by atoms with Crippen LogP contribution in [0.1, 0.15) is 24.4 Å². The van der Waals surface area contributed by atoms with E-state index in [2.05, 4.69) is 27.0 Å². The minimum absolute atomic E-state index is 0.0546. The highest BCUT2D eigenvalue weighted by atomic mass is 16.5. The zero-order valence-electron chi connectivity index (χ0n) is 14.0. The molecular weight excluding hydrogens is 294 g/mol. The SMILES string of the molecule is Cc1nc(N2CCOC3(CCN(C)CC3)C2)c2c(C)noc2n1. The fraction of sp³-hybridized carbons (Fsp3) is 0.688. The van der Waals surface area contributed by atoms with Gasteiger partial charge in [-0.25, -0.2) is 4.98 Å². The zero-order valence-corrected chi connectivity index (χ0v) is 14.0. The highest BCUT2D eigenvalue weighted by Gasteiger charge is 2.40. The van der Waals surface area contributed by atoms with E-state index in [4.69, 9.17) is 14.2 Å². The minimum Gasteiger partial charge on any atom is -0.371 e. The third-order valence-electron chi connectivity index (χ3n) is 5.05. The average Bonchev–Trinajstić information content (AvgIpc) is 2.91. The normalized spacial score (nSPS) is 22.1. The van der Waals surface area contributed by atoms with Crippen LogP contribution in [0.5, 0.6) is 0 Å². The van der Waals surface area contributed by atoms with Gasteiger partial charge in [0.05, 0.1) is 17.9 Å². The number of piperidine rings is 1. The van der Waals surface area contributed by atoms with Gasteiger partial charge in [-0.05, 0) is 33.7 Å². The molecule has 2 aromatic rings. The van der Waals surface area contributed by atoms with Gasteiger partial charge in [0.2, 0.25) is 0 Å². The van der Waals surface area contributed by atoms with Gasteiger partial charge in [0.25, 0.3) is 5.71 Å². The molecule has 4 rings (SSSR count). The minimum atomic E-state index is -0.0546. The Balaban J connectivity index is 1.69. The van der Waals surface area contributed by atoms with Crippen LogP contribution in [-0.4, -0.2) is 65.5 Å². The molecule has 7 nitrogen and oxygen atoms in total. The van der Waals surface area contributed by atoms with Gasteiger partial charge in [-0.1, -0.05) is 5.16 Å². The molecule has 23 heavy (non-hydrogen) atoms. The van der Waals surface area contributed by atoms with Crippen LogP contribution in [-0.2, 0) is 4.74 Å². The Morgan fingerprint density at radius 1 is 1.09 bits per heavy atom. The third kappa shape index (κ3) is 2.57. The molecule has 0 aromatic carbocycles. The fourth-order valence-electron chi connectivity index (χ4n) is 3.66. The summed E-state index contributed by atoms with van der Waals surface area (Å²) < 4.78 is 11.6. The molecule has 0 aliphatic carbocycles. The van der Waals surface area contributed by atoms with Crippen LogP contribution in [0.2, 0.25) is 0 Å². The Kier molecular flexibility index (Phi) is 3.50. The number of likely N-dealkylation sites (tertiary alicyclic amines) is 1. The maximum absolute atomic E-state index is 6.21. The number of ether oxygens (including phenoxy) is 1. The molecule has 0 atom stereocenters. The first-order chi connectivity index (χ1) is 11.1. The molecule has 2 aromatic heterocycles. The Morgan fingerprint density at radius 2 is 1.87 bits per heavy atom. The molecule has 2 aliphatic rings. The van der Waals surface area contributed by atoms with E-state index in [1.807, 2.05) is 13.8 Å². The van der Waals surface area contributed by atoms with E-state index in [-0.39, 0.29) is 5.60 Å². The molecule has 0 saturated carbocycles. The maximum Gasteiger partial charge on any atom is 0.263 e. The molecule has 0 N–H and O–H groups in total. The second kappa shape index (κ2) is 5.42. The summed E-state index contributed by atoms with van der Waals surface area (Å²) in [6, 6.07) is 0. The van der Waals surface area contributed by atoms with Gasteiger partial charge < -0.3 is 19.1 Å². The molecule has 0 unspecified atom stereocenters. The molecule has 2 aliphatic heterocycles. The maximum atomic E-state index is 6.21. The van der Waals surface area contributed by atoms with Gasteiger partial charge in [0.15, 0.2) is 0 Å². The third-order valence-corrected chi connectivity index (χ3v) is 5.05. The van der Waals surface area contributed by atoms with E-state index in [9.17, 15) is 0 Å². The monoisotopic (exact) mass is 317 g/mol. The first-order valence-electron chi connectivity index (χ1n) is 8.24. The number of aryl methyl sites for hydroxylation is 2. The number of anilines is 1. The summed E-state index contributed by atoms with van der Waals surface area (Å²) in [7, 11) is 2.17. The molecule has 0 radical (unpaired) electrons. The van der Waals surface area contributed by atoms with E-state index >= 15 is 0 Å². The molecule has 2 saturated heterocycles. The van der Waals surface area contributed by atoms with Crippen molar-refractivity contribution in [3.63, 3.8) is 0 Å². The number of rotatable bonds is 1. The number of hydrogen-bond donors (Lipinski definition) is 0. The van der Waals surface area contributed by atoms with Crippen LogP contribution in [0.25, 0.3) is 11.1 Å². The van der Waals surface area contributed by atoms with Crippen molar-refractivity contribution in [2.45, 2.75) is 32.3 Å². The molecule has 0 amide bonds. The van der Waals surface area contributed by atoms with Crippen LogP contribution < -0.4 is 4.90 Å². The highest BCUT2D eigenvalue weighted by Crippen LogP contribution is 2.34. The van der Waals surface area contributed by atoms with Crippen LogP contribution in [0.15, 0.2) is 4.52 Å². The van der Waals surface area contributed by atoms with Crippen molar-refractivity contribution in [3.05, 3.63) is 11.5 Å². The number of hydrogen-bond acceptors (Lipinski definition) is 7. The van der Waals surface area contributed by atoms with Gasteiger partial charge in [0.1, 0.15) is 17.0 Å². The lowest BCUT2D eigenvalue weighted by Gasteiger charge is -2.47. The highest BCUT2D eigenvalue weighted by molar-refractivity contribution is 5.88. The van der Waals surface area contributed by atoms with E-state index in [0.29, 0.717) is 11.5 Å². The van der Waals surface area contributed by atoms with Crippen molar-refractivity contribution in [2.24, 2.45) is 0 Å². The van der Waals surface area contributed by atoms with Crippen molar-refractivity contribution < 1.29 is 9.26 Å². The van der Waals surface area contributed by atoms with Crippen LogP contribution in [0.3, 0.4) is 0 Å². The van der Waals surface area contributed by atoms with Crippen molar-refractivity contribution in [3.8, 4) is 0 Å². The Bertz CT molecular complexity index is 721. The van der Waals surface area contributed by atoms with E-state index in [1.165, 1.54) is 0 Å². The smallest absolute Gasteiger partial charge is 0.263 e. The summed E-state index contributed by atoms with van der Waals surface area (Å²) in [5.74, 6) is 1.65.